The molecule has 18 heavy (non-hydrogen) atoms. The van der Waals surface area contributed by atoms with Crippen molar-refractivity contribution < 1.29 is 4.79 Å². The summed E-state index contributed by atoms with van der Waals surface area (Å²) in [5.41, 5.74) is 0.964. The fraction of sp³-hybridized carbons (Fsp3) is 0.824. The van der Waals surface area contributed by atoms with Crippen molar-refractivity contribution in [2.24, 2.45) is 0 Å². The first kappa shape index (κ1) is 17.4. The molecule has 0 bridgehead atoms. The van der Waals surface area contributed by atoms with Crippen molar-refractivity contribution in [3.63, 3.8) is 0 Å². The summed E-state index contributed by atoms with van der Waals surface area (Å²) >= 11 is 0. The van der Waals surface area contributed by atoms with E-state index in [1.165, 1.54) is 70.6 Å². The second kappa shape index (κ2) is 14.5. The van der Waals surface area contributed by atoms with Gasteiger partial charge in [0.1, 0.15) is 6.29 Å². The molecule has 0 aromatic heterocycles. The summed E-state index contributed by atoms with van der Waals surface area (Å²) in [7, 11) is 0. The van der Waals surface area contributed by atoms with E-state index >= 15 is 0 Å². The highest BCUT2D eigenvalue weighted by molar-refractivity contribution is 5.72. The third-order valence-corrected chi connectivity index (χ3v) is 3.59. The molecule has 0 spiro atoms. The lowest BCUT2D eigenvalue weighted by atomic mass is 10.0. The molecule has 1 heteroatoms. The van der Waals surface area contributed by atoms with Crippen LogP contribution in [0.1, 0.15) is 90.9 Å². The Morgan fingerprint density at radius 3 is 1.61 bits per heavy atom. The second-order valence-electron chi connectivity index (χ2n) is 5.27. The average Bonchev–Trinajstić information content (AvgIpc) is 2.40. The van der Waals surface area contributed by atoms with E-state index in [1.54, 1.807) is 0 Å². The van der Waals surface area contributed by atoms with Crippen molar-refractivity contribution in [2.45, 2.75) is 90.9 Å². The van der Waals surface area contributed by atoms with Gasteiger partial charge in [0.2, 0.25) is 0 Å². The molecule has 0 rings (SSSR count). The van der Waals surface area contributed by atoms with Gasteiger partial charge in [-0.2, -0.15) is 0 Å². The van der Waals surface area contributed by atoms with Crippen molar-refractivity contribution in [2.75, 3.05) is 0 Å². The van der Waals surface area contributed by atoms with Gasteiger partial charge >= 0.3 is 0 Å². The van der Waals surface area contributed by atoms with Gasteiger partial charge in [-0.3, -0.25) is 4.79 Å². The molecule has 0 aliphatic carbocycles. The van der Waals surface area contributed by atoms with Gasteiger partial charge in [-0.15, -0.1) is 0 Å². The van der Waals surface area contributed by atoms with Crippen molar-refractivity contribution in [1.82, 2.24) is 0 Å². The zero-order valence-electron chi connectivity index (χ0n) is 12.5. The molecule has 0 aliphatic rings. The van der Waals surface area contributed by atoms with E-state index in [-0.39, 0.29) is 0 Å². The van der Waals surface area contributed by atoms with Crippen LogP contribution in [0.3, 0.4) is 0 Å². The van der Waals surface area contributed by atoms with Crippen molar-refractivity contribution in [1.29, 1.82) is 0 Å². The molecule has 0 unspecified atom stereocenters. The zero-order chi connectivity index (χ0) is 13.5. The van der Waals surface area contributed by atoms with Crippen LogP contribution >= 0.6 is 0 Å². The van der Waals surface area contributed by atoms with E-state index in [9.17, 15) is 4.79 Å². The summed E-state index contributed by atoms with van der Waals surface area (Å²) in [5, 5.41) is 0. The third kappa shape index (κ3) is 11.9. The highest BCUT2D eigenvalue weighted by Gasteiger charge is 1.95. The van der Waals surface area contributed by atoms with Gasteiger partial charge in [0.15, 0.2) is 0 Å². The number of rotatable bonds is 13. The Morgan fingerprint density at radius 1 is 0.778 bits per heavy atom. The summed E-state index contributed by atoms with van der Waals surface area (Å²) in [4.78, 5) is 10.6. The number of hydrogen-bond acceptors (Lipinski definition) is 1. The second-order valence-corrected chi connectivity index (χ2v) is 5.27. The number of carbonyl (C=O) groups is 1. The molecular weight excluding hydrogens is 220 g/mol. The van der Waals surface area contributed by atoms with Crippen LogP contribution in [0.2, 0.25) is 0 Å². The first-order valence-corrected chi connectivity index (χ1v) is 7.95. The van der Waals surface area contributed by atoms with E-state index in [4.69, 9.17) is 0 Å². The van der Waals surface area contributed by atoms with Gasteiger partial charge in [-0.1, -0.05) is 77.2 Å². The molecule has 0 saturated heterocycles. The van der Waals surface area contributed by atoms with Crippen LogP contribution in [0.15, 0.2) is 11.6 Å². The standard InChI is InChI=1S/C17H32O/c1-3-5-6-7-8-9-10-11-12-13-14-15-17(4-2)16-18/h4,16H,3,5-15H2,1-2H3/b17-4-. The van der Waals surface area contributed by atoms with Crippen LogP contribution in [0.25, 0.3) is 0 Å². The Morgan fingerprint density at radius 2 is 1.22 bits per heavy atom. The van der Waals surface area contributed by atoms with Crippen LogP contribution in [-0.4, -0.2) is 6.29 Å². The number of carbonyl (C=O) groups excluding carboxylic acids is 1. The van der Waals surface area contributed by atoms with Gasteiger partial charge in [-0.05, 0) is 25.3 Å². The first-order valence-electron chi connectivity index (χ1n) is 7.95. The van der Waals surface area contributed by atoms with E-state index < -0.39 is 0 Å². The normalized spacial score (nSPS) is 11.8. The molecule has 0 atom stereocenters. The largest absolute Gasteiger partial charge is 0.298 e. The molecule has 0 saturated carbocycles. The molecule has 0 fully saturated rings. The molecule has 0 aliphatic heterocycles. The summed E-state index contributed by atoms with van der Waals surface area (Å²) in [6.45, 7) is 4.21. The maximum atomic E-state index is 10.6. The Labute approximate surface area is 114 Å². The molecule has 0 aromatic rings. The molecule has 0 N–H and O–H groups in total. The minimum atomic E-state index is 0.964. The maximum absolute atomic E-state index is 10.6. The molecule has 1 nitrogen and oxygen atoms in total. The lowest BCUT2D eigenvalue weighted by Gasteiger charge is -2.02. The predicted octanol–water partition coefficient (Wildman–Crippen LogP) is 5.83. The van der Waals surface area contributed by atoms with Crippen LogP contribution < -0.4 is 0 Å². The SMILES string of the molecule is C/C=C(\C=O)CCCCCCCCCCCCC. The maximum Gasteiger partial charge on any atom is 0.145 e. The van der Waals surface area contributed by atoms with Crippen molar-refractivity contribution in [3.05, 3.63) is 11.6 Å². The Hall–Kier alpha value is -0.590. The number of aldehydes is 1. The minimum absolute atomic E-state index is 0.964. The summed E-state index contributed by atoms with van der Waals surface area (Å²) in [5.74, 6) is 0. The summed E-state index contributed by atoms with van der Waals surface area (Å²) in [6.07, 6.45) is 18.9. The Bertz CT molecular complexity index is 206. The Kier molecular flexibility index (Phi) is 14.0. The average molecular weight is 252 g/mol. The lowest BCUT2D eigenvalue weighted by Crippen LogP contribution is -1.86. The monoisotopic (exact) mass is 252 g/mol. The highest BCUT2D eigenvalue weighted by atomic mass is 16.1. The van der Waals surface area contributed by atoms with Gasteiger partial charge < -0.3 is 0 Å². The van der Waals surface area contributed by atoms with Gasteiger partial charge in [0, 0.05) is 0 Å². The molecule has 106 valence electrons. The third-order valence-electron chi connectivity index (χ3n) is 3.59. The molecule has 0 heterocycles. The topological polar surface area (TPSA) is 17.1 Å². The number of unbranched alkanes of at least 4 members (excludes halogenated alkanes) is 10. The fourth-order valence-corrected chi connectivity index (χ4v) is 2.26. The highest BCUT2D eigenvalue weighted by Crippen LogP contribution is 2.13. The zero-order valence-corrected chi connectivity index (χ0v) is 12.5. The predicted molar refractivity (Wildman–Crippen MR) is 80.9 cm³/mol. The van der Waals surface area contributed by atoms with Crippen molar-refractivity contribution >= 4 is 6.29 Å². The van der Waals surface area contributed by atoms with Crippen LogP contribution in [0.4, 0.5) is 0 Å². The quantitative estimate of drug-likeness (QED) is 0.229. The van der Waals surface area contributed by atoms with E-state index in [1.807, 2.05) is 13.0 Å². The fourth-order valence-electron chi connectivity index (χ4n) is 2.26. The summed E-state index contributed by atoms with van der Waals surface area (Å²) in [6, 6.07) is 0. The summed E-state index contributed by atoms with van der Waals surface area (Å²) < 4.78 is 0. The van der Waals surface area contributed by atoms with Crippen LogP contribution in [0, 0.1) is 0 Å². The number of hydrogen-bond donors (Lipinski definition) is 0. The first-order chi connectivity index (χ1) is 8.85. The van der Waals surface area contributed by atoms with Crippen LogP contribution in [-0.2, 0) is 4.79 Å². The van der Waals surface area contributed by atoms with Gasteiger partial charge in [0.05, 0.1) is 0 Å². The molecular formula is C17H32O. The smallest absolute Gasteiger partial charge is 0.145 e. The van der Waals surface area contributed by atoms with E-state index in [0.717, 1.165) is 18.3 Å². The molecule has 0 amide bonds. The van der Waals surface area contributed by atoms with Crippen molar-refractivity contribution in [3.8, 4) is 0 Å². The van der Waals surface area contributed by atoms with Crippen LogP contribution in [0.5, 0.6) is 0 Å². The Balaban J connectivity index is 3.10. The van der Waals surface area contributed by atoms with E-state index in [2.05, 4.69) is 6.92 Å². The van der Waals surface area contributed by atoms with Gasteiger partial charge in [0.25, 0.3) is 0 Å². The number of allylic oxidation sites excluding steroid dienone is 2. The lowest BCUT2D eigenvalue weighted by molar-refractivity contribution is -0.105. The molecule has 0 aromatic carbocycles. The van der Waals surface area contributed by atoms with Gasteiger partial charge in [-0.25, -0.2) is 0 Å². The van der Waals surface area contributed by atoms with E-state index in [0.29, 0.717) is 0 Å². The minimum Gasteiger partial charge on any atom is -0.298 e. The molecule has 0 radical (unpaired) electrons.